The standard InChI is InChI=1S/C8H10N.3C6H5.Sn/c1-9(2)8-6-4-3-5-7-8;3*1-2-4-6-5-3-1;/h4-7H,1-2H3;3*1-5H;. The third-order valence-electron chi connectivity index (χ3n) is 5.44. The number of benzene rings is 4. The molecule has 28 heavy (non-hydrogen) atoms. The maximum absolute atomic E-state index is 3.41. The van der Waals surface area contributed by atoms with Gasteiger partial charge < -0.3 is 0 Å². The summed E-state index contributed by atoms with van der Waals surface area (Å²) < 4.78 is 5.91. The van der Waals surface area contributed by atoms with Gasteiger partial charge in [0.05, 0.1) is 0 Å². The first kappa shape index (κ1) is 18.8. The van der Waals surface area contributed by atoms with Gasteiger partial charge in [0.25, 0.3) is 0 Å². The van der Waals surface area contributed by atoms with Crippen LogP contribution in [0.15, 0.2) is 115 Å². The van der Waals surface area contributed by atoms with Gasteiger partial charge in [0.2, 0.25) is 0 Å². The van der Waals surface area contributed by atoms with Gasteiger partial charge >= 0.3 is 173 Å². The Hall–Kier alpha value is -2.52. The Morgan fingerprint density at radius 2 is 0.750 bits per heavy atom. The maximum atomic E-state index is 2.36. The van der Waals surface area contributed by atoms with Crippen molar-refractivity contribution in [2.24, 2.45) is 0 Å². The van der Waals surface area contributed by atoms with E-state index < -0.39 is 18.4 Å². The molecule has 138 valence electrons. The Balaban J connectivity index is 2.07. The molecule has 0 spiro atoms. The fourth-order valence-corrected chi connectivity index (χ4v) is 17.6. The van der Waals surface area contributed by atoms with E-state index in [-0.39, 0.29) is 0 Å². The van der Waals surface area contributed by atoms with Gasteiger partial charge in [-0.3, -0.25) is 0 Å². The molecule has 0 unspecified atom stereocenters. The molecule has 0 aliphatic heterocycles. The summed E-state index contributed by atoms with van der Waals surface area (Å²) in [5.41, 5.74) is 1.23. The zero-order chi connectivity index (χ0) is 19.4. The molecule has 4 aromatic carbocycles. The molecule has 0 N–H and O–H groups in total. The molecule has 1 nitrogen and oxygen atoms in total. The van der Waals surface area contributed by atoms with Crippen molar-refractivity contribution in [3.05, 3.63) is 115 Å². The Morgan fingerprint density at radius 3 is 1.07 bits per heavy atom. The van der Waals surface area contributed by atoms with E-state index in [4.69, 9.17) is 0 Å². The summed E-state index contributed by atoms with van der Waals surface area (Å²) in [5.74, 6) is 0. The molecular formula is C26H25NSn. The van der Waals surface area contributed by atoms with Gasteiger partial charge in [-0.1, -0.05) is 0 Å². The van der Waals surface area contributed by atoms with Crippen LogP contribution in [-0.4, -0.2) is 32.5 Å². The minimum absolute atomic E-state index is 1.23. The van der Waals surface area contributed by atoms with Crippen molar-refractivity contribution in [3.8, 4) is 0 Å². The molecule has 0 saturated carbocycles. The second-order valence-corrected chi connectivity index (χ2v) is 18.2. The monoisotopic (exact) mass is 471 g/mol. The third-order valence-corrected chi connectivity index (χ3v) is 19.1. The summed E-state index contributed by atoms with van der Waals surface area (Å²) in [6, 6.07) is 42.7. The van der Waals surface area contributed by atoms with Crippen molar-refractivity contribution < 1.29 is 0 Å². The van der Waals surface area contributed by atoms with E-state index in [1.54, 1.807) is 0 Å². The molecule has 0 heterocycles. The first-order chi connectivity index (χ1) is 13.7. The van der Waals surface area contributed by atoms with Crippen LogP contribution in [-0.2, 0) is 0 Å². The minimum atomic E-state index is -3.41. The van der Waals surface area contributed by atoms with Gasteiger partial charge in [-0.15, -0.1) is 0 Å². The topological polar surface area (TPSA) is 3.24 Å². The molecule has 0 aromatic heterocycles. The fraction of sp³-hybridized carbons (Fsp3) is 0.0769. The van der Waals surface area contributed by atoms with Crippen molar-refractivity contribution in [2.75, 3.05) is 19.0 Å². The van der Waals surface area contributed by atoms with Gasteiger partial charge in [-0.05, 0) is 0 Å². The first-order valence-corrected chi connectivity index (χ1v) is 15.4. The molecule has 0 bridgehead atoms. The summed E-state index contributed by atoms with van der Waals surface area (Å²) in [4.78, 5) is 2.16. The zero-order valence-corrected chi connectivity index (χ0v) is 19.3. The van der Waals surface area contributed by atoms with Gasteiger partial charge in [-0.25, -0.2) is 0 Å². The zero-order valence-electron chi connectivity index (χ0n) is 16.4. The van der Waals surface area contributed by atoms with Crippen LogP contribution in [0, 0.1) is 0 Å². The van der Waals surface area contributed by atoms with Crippen LogP contribution < -0.4 is 19.2 Å². The predicted molar refractivity (Wildman–Crippen MR) is 124 cm³/mol. The van der Waals surface area contributed by atoms with Gasteiger partial charge in [0, 0.05) is 0 Å². The quantitative estimate of drug-likeness (QED) is 0.406. The predicted octanol–water partition coefficient (Wildman–Crippen LogP) is 3.13. The van der Waals surface area contributed by atoms with E-state index >= 15 is 0 Å². The second-order valence-electron chi connectivity index (χ2n) is 7.29. The van der Waals surface area contributed by atoms with Crippen LogP contribution in [0.2, 0.25) is 0 Å². The molecule has 0 radical (unpaired) electrons. The molecule has 0 amide bonds. The van der Waals surface area contributed by atoms with Gasteiger partial charge in [0.1, 0.15) is 0 Å². The molecule has 4 rings (SSSR count). The summed E-state index contributed by atoms with van der Waals surface area (Å²) in [6.07, 6.45) is 0. The summed E-state index contributed by atoms with van der Waals surface area (Å²) >= 11 is -3.41. The Kier molecular flexibility index (Phi) is 5.54. The average Bonchev–Trinajstić information content (AvgIpc) is 2.77. The Labute approximate surface area is 172 Å². The molecule has 0 saturated heterocycles. The van der Waals surface area contributed by atoms with Crippen molar-refractivity contribution in [2.45, 2.75) is 0 Å². The number of hydrogen-bond donors (Lipinski definition) is 0. The molecule has 0 fully saturated rings. The molecule has 0 atom stereocenters. The van der Waals surface area contributed by atoms with Crippen LogP contribution in [0.4, 0.5) is 5.69 Å². The Bertz CT molecular complexity index is 914. The first-order valence-electron chi connectivity index (χ1n) is 9.67. The van der Waals surface area contributed by atoms with E-state index in [1.165, 1.54) is 20.0 Å². The van der Waals surface area contributed by atoms with E-state index in [0.29, 0.717) is 0 Å². The van der Waals surface area contributed by atoms with Crippen LogP contribution in [0.3, 0.4) is 0 Å². The van der Waals surface area contributed by atoms with Gasteiger partial charge in [0.15, 0.2) is 0 Å². The summed E-state index contributed by atoms with van der Waals surface area (Å²) in [6.45, 7) is 0. The van der Waals surface area contributed by atoms with Crippen LogP contribution in [0.25, 0.3) is 0 Å². The second kappa shape index (κ2) is 8.24. The number of hydrogen-bond acceptors (Lipinski definition) is 1. The van der Waals surface area contributed by atoms with Gasteiger partial charge in [-0.2, -0.15) is 0 Å². The normalized spacial score (nSPS) is 11.2. The van der Waals surface area contributed by atoms with Crippen molar-refractivity contribution in [1.82, 2.24) is 0 Å². The molecule has 4 aromatic rings. The molecule has 2 heteroatoms. The van der Waals surface area contributed by atoms with Crippen molar-refractivity contribution in [1.29, 1.82) is 0 Å². The average molecular weight is 470 g/mol. The Morgan fingerprint density at radius 1 is 0.429 bits per heavy atom. The molecule has 0 aliphatic rings. The van der Waals surface area contributed by atoms with Crippen LogP contribution in [0.5, 0.6) is 0 Å². The summed E-state index contributed by atoms with van der Waals surface area (Å²) in [7, 11) is 4.19. The van der Waals surface area contributed by atoms with E-state index in [9.17, 15) is 0 Å². The summed E-state index contributed by atoms with van der Waals surface area (Å²) in [5, 5.41) is 0. The number of anilines is 1. The number of rotatable bonds is 5. The van der Waals surface area contributed by atoms with E-state index in [1.807, 2.05) is 0 Å². The van der Waals surface area contributed by atoms with E-state index in [0.717, 1.165) is 0 Å². The molecular weight excluding hydrogens is 445 g/mol. The SMILES string of the molecule is CN(C)c1cc[c]([Sn]([c]2ccccc2)([c]2ccccc2)[c]2ccccc2)cc1. The third kappa shape index (κ3) is 3.35. The van der Waals surface area contributed by atoms with Crippen LogP contribution in [0.1, 0.15) is 0 Å². The van der Waals surface area contributed by atoms with Crippen molar-refractivity contribution in [3.63, 3.8) is 0 Å². The van der Waals surface area contributed by atoms with Crippen molar-refractivity contribution >= 4 is 38.4 Å². The molecule has 0 aliphatic carbocycles. The van der Waals surface area contributed by atoms with Crippen LogP contribution >= 0.6 is 0 Å². The van der Waals surface area contributed by atoms with E-state index in [2.05, 4.69) is 134 Å². The fourth-order valence-electron chi connectivity index (χ4n) is 4.07. The number of nitrogens with zero attached hydrogens (tertiary/aromatic N) is 1.